The number of nitrogens with zero attached hydrogens (tertiary/aromatic N) is 8. The van der Waals surface area contributed by atoms with Gasteiger partial charge in [-0.25, -0.2) is 19.6 Å². The standard InChI is InChI=1S/C23H22N8O2/c1-14(18-11-26-29-31(18)3)33-23-19(32-4)10-17-22(27-23)21(25-13-24-17)16-12-30(2)28-20(16)15-8-6-5-7-9-15/h5-14H,1-4H3. The number of benzene rings is 1. The molecule has 0 saturated carbocycles. The van der Waals surface area contributed by atoms with E-state index in [1.54, 1.807) is 28.7 Å². The lowest BCUT2D eigenvalue weighted by Crippen LogP contribution is -2.10. The Bertz CT molecular complexity index is 1430. The van der Waals surface area contributed by atoms with Gasteiger partial charge in [0.15, 0.2) is 5.75 Å². The Morgan fingerprint density at radius 3 is 2.58 bits per heavy atom. The number of fused-ring (bicyclic) bond motifs is 1. The van der Waals surface area contributed by atoms with E-state index < -0.39 is 0 Å². The largest absolute Gasteiger partial charge is 0.491 e. The van der Waals surface area contributed by atoms with E-state index in [9.17, 15) is 0 Å². The molecule has 0 spiro atoms. The summed E-state index contributed by atoms with van der Waals surface area (Å²) in [6.45, 7) is 1.90. The van der Waals surface area contributed by atoms with E-state index >= 15 is 0 Å². The van der Waals surface area contributed by atoms with E-state index in [0.29, 0.717) is 28.4 Å². The van der Waals surface area contributed by atoms with Crippen molar-refractivity contribution in [2.45, 2.75) is 13.0 Å². The molecule has 0 bridgehead atoms. The first-order valence-electron chi connectivity index (χ1n) is 10.4. The van der Waals surface area contributed by atoms with Gasteiger partial charge in [0.2, 0.25) is 0 Å². The van der Waals surface area contributed by atoms with Gasteiger partial charge in [-0.2, -0.15) is 5.10 Å². The second-order valence-electron chi connectivity index (χ2n) is 7.56. The molecular weight excluding hydrogens is 420 g/mol. The minimum atomic E-state index is -0.352. The Balaban J connectivity index is 1.65. The normalized spacial score (nSPS) is 12.1. The second-order valence-corrected chi connectivity index (χ2v) is 7.56. The van der Waals surface area contributed by atoms with Gasteiger partial charge in [-0.3, -0.25) is 4.68 Å². The Morgan fingerprint density at radius 1 is 1.03 bits per heavy atom. The Labute approximate surface area is 189 Å². The Morgan fingerprint density at radius 2 is 1.85 bits per heavy atom. The lowest BCUT2D eigenvalue weighted by atomic mass is 10.0. The average molecular weight is 442 g/mol. The van der Waals surface area contributed by atoms with Crippen molar-refractivity contribution in [2.75, 3.05) is 7.11 Å². The molecule has 5 aromatic rings. The maximum absolute atomic E-state index is 6.17. The zero-order valence-electron chi connectivity index (χ0n) is 18.7. The Hall–Kier alpha value is -4.34. The highest BCUT2D eigenvalue weighted by Gasteiger charge is 2.21. The van der Waals surface area contributed by atoms with Crippen molar-refractivity contribution in [1.29, 1.82) is 0 Å². The topological polar surface area (TPSA) is 106 Å². The van der Waals surface area contributed by atoms with Crippen LogP contribution in [-0.4, -0.2) is 46.8 Å². The van der Waals surface area contributed by atoms with Gasteiger partial charge in [-0.05, 0) is 6.92 Å². The second kappa shape index (κ2) is 8.30. The van der Waals surface area contributed by atoms with Crippen LogP contribution in [0.1, 0.15) is 18.7 Å². The maximum Gasteiger partial charge on any atom is 0.258 e. The summed E-state index contributed by atoms with van der Waals surface area (Å²) in [5.41, 5.74) is 5.35. The van der Waals surface area contributed by atoms with Crippen molar-refractivity contribution in [1.82, 2.24) is 39.7 Å². The molecular formula is C23H22N8O2. The molecule has 166 valence electrons. The van der Waals surface area contributed by atoms with Crippen LogP contribution in [0.5, 0.6) is 11.6 Å². The van der Waals surface area contributed by atoms with E-state index in [1.807, 2.05) is 57.5 Å². The van der Waals surface area contributed by atoms with Gasteiger partial charge < -0.3 is 9.47 Å². The SMILES string of the molecule is COc1cc2ncnc(-c3cn(C)nc3-c3ccccc3)c2nc1OC(C)c1cnnn1C. The molecule has 4 heterocycles. The zero-order chi connectivity index (χ0) is 22.9. The summed E-state index contributed by atoms with van der Waals surface area (Å²) in [5.74, 6) is 0.809. The summed E-state index contributed by atoms with van der Waals surface area (Å²) < 4.78 is 15.1. The number of hydrogen-bond acceptors (Lipinski definition) is 8. The van der Waals surface area contributed by atoms with Gasteiger partial charge in [0.1, 0.15) is 29.3 Å². The van der Waals surface area contributed by atoms with Crippen LogP contribution in [0.3, 0.4) is 0 Å². The minimum absolute atomic E-state index is 0.333. The highest BCUT2D eigenvalue weighted by Crippen LogP contribution is 2.37. The van der Waals surface area contributed by atoms with Crippen LogP contribution in [0.25, 0.3) is 33.5 Å². The predicted molar refractivity (Wildman–Crippen MR) is 122 cm³/mol. The highest BCUT2D eigenvalue weighted by molar-refractivity contribution is 5.94. The van der Waals surface area contributed by atoms with E-state index in [4.69, 9.17) is 14.5 Å². The lowest BCUT2D eigenvalue weighted by Gasteiger charge is -2.16. The summed E-state index contributed by atoms with van der Waals surface area (Å²) >= 11 is 0. The molecule has 33 heavy (non-hydrogen) atoms. The molecule has 1 aromatic carbocycles. The van der Waals surface area contributed by atoms with Gasteiger partial charge in [0.05, 0.1) is 24.5 Å². The third-order valence-corrected chi connectivity index (χ3v) is 5.35. The van der Waals surface area contributed by atoms with E-state index in [-0.39, 0.29) is 6.10 Å². The van der Waals surface area contributed by atoms with E-state index in [0.717, 1.165) is 22.5 Å². The molecule has 0 aliphatic rings. The van der Waals surface area contributed by atoms with E-state index in [1.165, 1.54) is 6.33 Å². The number of pyridine rings is 1. The number of methoxy groups -OCH3 is 1. The minimum Gasteiger partial charge on any atom is -0.491 e. The molecule has 4 aromatic heterocycles. The fraction of sp³-hybridized carbons (Fsp3) is 0.217. The molecule has 0 N–H and O–H groups in total. The van der Waals surface area contributed by atoms with Crippen LogP contribution in [0.2, 0.25) is 0 Å². The number of hydrogen-bond donors (Lipinski definition) is 0. The van der Waals surface area contributed by atoms with Crippen LogP contribution in [0, 0.1) is 0 Å². The van der Waals surface area contributed by atoms with Crippen LogP contribution < -0.4 is 9.47 Å². The van der Waals surface area contributed by atoms with Crippen LogP contribution in [0.15, 0.2) is 55.1 Å². The molecule has 1 atom stereocenters. The molecule has 10 heteroatoms. The van der Waals surface area contributed by atoms with Crippen molar-refractivity contribution in [3.8, 4) is 34.1 Å². The summed E-state index contributed by atoms with van der Waals surface area (Å²) in [6.07, 6.45) is 4.76. The summed E-state index contributed by atoms with van der Waals surface area (Å²) in [6, 6.07) is 11.8. The van der Waals surface area contributed by atoms with Crippen molar-refractivity contribution in [3.05, 3.63) is 60.8 Å². The molecule has 0 aliphatic carbocycles. The first kappa shape index (κ1) is 20.6. The fourth-order valence-electron chi connectivity index (χ4n) is 3.74. The van der Waals surface area contributed by atoms with Gasteiger partial charge >= 0.3 is 0 Å². The quantitative estimate of drug-likeness (QED) is 0.394. The molecule has 0 amide bonds. The monoisotopic (exact) mass is 442 g/mol. The highest BCUT2D eigenvalue weighted by atomic mass is 16.5. The smallest absolute Gasteiger partial charge is 0.258 e. The molecule has 0 radical (unpaired) electrons. The summed E-state index contributed by atoms with van der Waals surface area (Å²) in [4.78, 5) is 13.8. The number of rotatable bonds is 6. The summed E-state index contributed by atoms with van der Waals surface area (Å²) in [7, 11) is 5.27. The van der Waals surface area contributed by atoms with Crippen LogP contribution in [-0.2, 0) is 14.1 Å². The fourth-order valence-corrected chi connectivity index (χ4v) is 3.74. The predicted octanol–water partition coefficient (Wildman–Crippen LogP) is 3.37. The molecule has 0 fully saturated rings. The molecule has 0 aliphatic heterocycles. The van der Waals surface area contributed by atoms with Crippen LogP contribution in [0.4, 0.5) is 0 Å². The summed E-state index contributed by atoms with van der Waals surface area (Å²) in [5, 5.41) is 12.6. The van der Waals surface area contributed by atoms with Crippen molar-refractivity contribution < 1.29 is 9.47 Å². The van der Waals surface area contributed by atoms with Gasteiger partial charge in [-0.15, -0.1) is 5.10 Å². The lowest BCUT2D eigenvalue weighted by molar-refractivity contribution is 0.198. The number of ether oxygens (including phenoxy) is 2. The Kier molecular flexibility index (Phi) is 5.17. The van der Waals surface area contributed by atoms with Gasteiger partial charge in [-0.1, -0.05) is 35.5 Å². The average Bonchev–Trinajstić information content (AvgIpc) is 3.44. The molecule has 0 saturated heterocycles. The molecule has 1 unspecified atom stereocenters. The zero-order valence-corrected chi connectivity index (χ0v) is 18.7. The van der Waals surface area contributed by atoms with Crippen molar-refractivity contribution in [3.63, 3.8) is 0 Å². The maximum atomic E-state index is 6.17. The van der Waals surface area contributed by atoms with E-state index in [2.05, 4.69) is 25.4 Å². The van der Waals surface area contributed by atoms with Crippen molar-refractivity contribution in [2.24, 2.45) is 14.1 Å². The first-order valence-corrected chi connectivity index (χ1v) is 10.4. The van der Waals surface area contributed by atoms with Gasteiger partial charge in [0.25, 0.3) is 5.88 Å². The first-order chi connectivity index (χ1) is 16.0. The van der Waals surface area contributed by atoms with Crippen LogP contribution >= 0.6 is 0 Å². The third kappa shape index (κ3) is 3.75. The van der Waals surface area contributed by atoms with Gasteiger partial charge in [0, 0.05) is 37.5 Å². The third-order valence-electron chi connectivity index (χ3n) is 5.35. The number of aryl methyl sites for hydroxylation is 2. The number of aromatic nitrogens is 8. The molecule has 5 rings (SSSR count). The van der Waals surface area contributed by atoms with Crippen molar-refractivity contribution >= 4 is 11.0 Å². The molecule has 10 nitrogen and oxygen atoms in total.